The molecule has 5 heteroatoms. The third kappa shape index (κ3) is 2.39. The highest BCUT2D eigenvalue weighted by molar-refractivity contribution is 5.19. The van der Waals surface area contributed by atoms with E-state index in [0.29, 0.717) is 11.8 Å². The number of nitrogen functional groups attached to an aromatic ring is 1. The zero-order chi connectivity index (χ0) is 12.3. The van der Waals surface area contributed by atoms with E-state index in [0.717, 1.165) is 37.9 Å². The number of nitrogens with two attached hydrogens (primary N) is 1. The van der Waals surface area contributed by atoms with Crippen LogP contribution in [0.2, 0.25) is 0 Å². The van der Waals surface area contributed by atoms with Crippen molar-refractivity contribution in [2.45, 2.75) is 51.0 Å². The molecule has 94 valence electrons. The first-order chi connectivity index (χ1) is 8.20. The Labute approximate surface area is 102 Å². The van der Waals surface area contributed by atoms with Crippen molar-refractivity contribution >= 4 is 5.95 Å². The first-order valence-corrected chi connectivity index (χ1v) is 6.26. The van der Waals surface area contributed by atoms with Gasteiger partial charge in [-0.1, -0.05) is 26.2 Å². The van der Waals surface area contributed by atoms with E-state index in [-0.39, 0.29) is 5.60 Å². The summed E-state index contributed by atoms with van der Waals surface area (Å²) in [4.78, 5) is 12.9. The molecule has 1 saturated carbocycles. The van der Waals surface area contributed by atoms with Gasteiger partial charge in [0.2, 0.25) is 5.95 Å². The fourth-order valence-corrected chi connectivity index (χ4v) is 2.44. The van der Waals surface area contributed by atoms with Crippen molar-refractivity contribution in [2.75, 3.05) is 12.8 Å². The second-order valence-electron chi connectivity index (χ2n) is 4.55. The van der Waals surface area contributed by atoms with Gasteiger partial charge < -0.3 is 10.5 Å². The molecule has 17 heavy (non-hydrogen) atoms. The van der Waals surface area contributed by atoms with E-state index in [1.807, 2.05) is 6.92 Å². The van der Waals surface area contributed by atoms with Crippen LogP contribution in [0.4, 0.5) is 5.95 Å². The molecule has 1 heterocycles. The van der Waals surface area contributed by atoms with Gasteiger partial charge in [0.25, 0.3) is 0 Å². The average Bonchev–Trinajstić information content (AvgIpc) is 2.38. The first kappa shape index (κ1) is 12.2. The van der Waals surface area contributed by atoms with Gasteiger partial charge in [-0.05, 0) is 12.8 Å². The molecule has 0 bridgehead atoms. The van der Waals surface area contributed by atoms with Crippen LogP contribution in [-0.4, -0.2) is 22.1 Å². The van der Waals surface area contributed by atoms with Crippen molar-refractivity contribution in [2.24, 2.45) is 0 Å². The Morgan fingerprint density at radius 3 is 2.47 bits per heavy atom. The minimum atomic E-state index is -0.348. The van der Waals surface area contributed by atoms with Crippen molar-refractivity contribution in [3.8, 4) is 0 Å². The smallest absolute Gasteiger partial charge is 0.223 e. The minimum Gasteiger partial charge on any atom is -0.370 e. The quantitative estimate of drug-likeness (QED) is 0.866. The molecular formula is C12H20N4O. The van der Waals surface area contributed by atoms with Gasteiger partial charge in [0.15, 0.2) is 5.82 Å². The molecule has 2 N–H and O–H groups in total. The summed E-state index contributed by atoms with van der Waals surface area (Å²) < 4.78 is 5.71. The molecule has 2 rings (SSSR count). The number of anilines is 1. The Hall–Kier alpha value is -1.23. The maximum atomic E-state index is 5.74. The number of aromatic nitrogens is 3. The lowest BCUT2D eigenvalue weighted by Gasteiger charge is -2.34. The molecule has 1 aromatic heterocycles. The number of hydrogen-bond donors (Lipinski definition) is 1. The van der Waals surface area contributed by atoms with Gasteiger partial charge in [-0.3, -0.25) is 0 Å². The largest absolute Gasteiger partial charge is 0.370 e. The van der Waals surface area contributed by atoms with Crippen LogP contribution in [0.25, 0.3) is 0 Å². The standard InChI is InChI=1S/C12H20N4O/c1-3-9-14-10(16-11(13)15-9)12(17-2)7-5-4-6-8-12/h3-8H2,1-2H3,(H2,13,14,15,16). The van der Waals surface area contributed by atoms with Gasteiger partial charge >= 0.3 is 0 Å². The van der Waals surface area contributed by atoms with Crippen LogP contribution in [-0.2, 0) is 16.8 Å². The third-order valence-electron chi connectivity index (χ3n) is 3.47. The van der Waals surface area contributed by atoms with E-state index < -0.39 is 0 Å². The topological polar surface area (TPSA) is 73.9 Å². The van der Waals surface area contributed by atoms with Crippen LogP contribution in [0, 0.1) is 0 Å². The highest BCUT2D eigenvalue weighted by Crippen LogP contribution is 2.38. The summed E-state index contributed by atoms with van der Waals surface area (Å²) in [5.41, 5.74) is 5.39. The molecule has 1 aliphatic carbocycles. The molecule has 0 atom stereocenters. The summed E-state index contributed by atoms with van der Waals surface area (Å²) >= 11 is 0. The van der Waals surface area contributed by atoms with Crippen LogP contribution in [0.1, 0.15) is 50.7 Å². The van der Waals surface area contributed by atoms with Gasteiger partial charge in [0, 0.05) is 13.5 Å². The van der Waals surface area contributed by atoms with Crippen LogP contribution in [0.3, 0.4) is 0 Å². The lowest BCUT2D eigenvalue weighted by molar-refractivity contribution is -0.0516. The Morgan fingerprint density at radius 2 is 1.88 bits per heavy atom. The SMILES string of the molecule is CCc1nc(N)nc(C2(OC)CCCCC2)n1. The Balaban J connectivity index is 2.38. The number of nitrogens with zero attached hydrogens (tertiary/aromatic N) is 3. The lowest BCUT2D eigenvalue weighted by atomic mass is 9.84. The van der Waals surface area contributed by atoms with Crippen LogP contribution < -0.4 is 5.73 Å². The van der Waals surface area contributed by atoms with Crippen LogP contribution in [0.5, 0.6) is 0 Å². The number of aryl methyl sites for hydroxylation is 1. The first-order valence-electron chi connectivity index (χ1n) is 6.26. The van der Waals surface area contributed by atoms with E-state index in [4.69, 9.17) is 10.5 Å². The van der Waals surface area contributed by atoms with E-state index in [1.165, 1.54) is 6.42 Å². The van der Waals surface area contributed by atoms with E-state index in [2.05, 4.69) is 15.0 Å². The molecule has 1 aromatic rings. The van der Waals surface area contributed by atoms with Crippen molar-refractivity contribution in [3.05, 3.63) is 11.6 Å². The van der Waals surface area contributed by atoms with E-state index in [1.54, 1.807) is 7.11 Å². The number of ether oxygens (including phenoxy) is 1. The summed E-state index contributed by atoms with van der Waals surface area (Å²) in [5, 5.41) is 0. The highest BCUT2D eigenvalue weighted by atomic mass is 16.5. The van der Waals surface area contributed by atoms with E-state index in [9.17, 15) is 0 Å². The van der Waals surface area contributed by atoms with Crippen molar-refractivity contribution in [1.29, 1.82) is 0 Å². The number of hydrogen-bond acceptors (Lipinski definition) is 5. The zero-order valence-electron chi connectivity index (χ0n) is 10.6. The molecule has 1 fully saturated rings. The lowest BCUT2D eigenvalue weighted by Crippen LogP contribution is -2.34. The summed E-state index contributed by atoms with van der Waals surface area (Å²) in [5.74, 6) is 1.76. The van der Waals surface area contributed by atoms with E-state index >= 15 is 0 Å². The number of methoxy groups -OCH3 is 1. The summed E-state index contributed by atoms with van der Waals surface area (Å²) in [6.07, 6.45) is 6.26. The summed E-state index contributed by atoms with van der Waals surface area (Å²) in [6.45, 7) is 2.01. The Bertz CT molecular complexity index is 388. The molecule has 5 nitrogen and oxygen atoms in total. The maximum Gasteiger partial charge on any atom is 0.223 e. The predicted octanol–water partition coefficient (Wildman–Crippen LogP) is 1.82. The summed E-state index contributed by atoms with van der Waals surface area (Å²) in [6, 6.07) is 0. The minimum absolute atomic E-state index is 0.300. The maximum absolute atomic E-state index is 5.74. The highest BCUT2D eigenvalue weighted by Gasteiger charge is 2.37. The fraction of sp³-hybridized carbons (Fsp3) is 0.750. The van der Waals surface area contributed by atoms with Crippen LogP contribution >= 0.6 is 0 Å². The predicted molar refractivity (Wildman–Crippen MR) is 65.4 cm³/mol. The van der Waals surface area contributed by atoms with Gasteiger partial charge in [0.05, 0.1) is 0 Å². The normalized spacial score (nSPS) is 19.2. The second-order valence-corrected chi connectivity index (χ2v) is 4.55. The Kier molecular flexibility index (Phi) is 3.57. The zero-order valence-corrected chi connectivity index (χ0v) is 10.6. The molecule has 0 spiro atoms. The third-order valence-corrected chi connectivity index (χ3v) is 3.47. The van der Waals surface area contributed by atoms with Gasteiger partial charge in [-0.15, -0.1) is 0 Å². The van der Waals surface area contributed by atoms with Gasteiger partial charge in [-0.25, -0.2) is 4.98 Å². The van der Waals surface area contributed by atoms with Crippen molar-refractivity contribution in [3.63, 3.8) is 0 Å². The van der Waals surface area contributed by atoms with Crippen LogP contribution in [0.15, 0.2) is 0 Å². The van der Waals surface area contributed by atoms with Crippen molar-refractivity contribution < 1.29 is 4.74 Å². The molecule has 0 saturated heterocycles. The molecule has 0 amide bonds. The molecule has 0 radical (unpaired) electrons. The number of rotatable bonds is 3. The van der Waals surface area contributed by atoms with Crippen molar-refractivity contribution in [1.82, 2.24) is 15.0 Å². The second kappa shape index (κ2) is 4.96. The average molecular weight is 236 g/mol. The van der Waals surface area contributed by atoms with Gasteiger partial charge in [-0.2, -0.15) is 9.97 Å². The van der Waals surface area contributed by atoms with Gasteiger partial charge in [0.1, 0.15) is 11.4 Å². The fourth-order valence-electron chi connectivity index (χ4n) is 2.44. The Morgan fingerprint density at radius 1 is 1.18 bits per heavy atom. The summed E-state index contributed by atoms with van der Waals surface area (Å²) in [7, 11) is 1.73. The molecule has 1 aliphatic rings. The monoisotopic (exact) mass is 236 g/mol. The molecule has 0 aliphatic heterocycles. The molecule has 0 unspecified atom stereocenters. The molecule has 0 aromatic carbocycles. The molecular weight excluding hydrogens is 216 g/mol.